The zero-order chi connectivity index (χ0) is 19.7. The lowest BCUT2D eigenvalue weighted by atomic mass is 10.2. The summed E-state index contributed by atoms with van der Waals surface area (Å²) in [6, 6.07) is 8.73. The van der Waals surface area contributed by atoms with Gasteiger partial charge in [-0.1, -0.05) is 17.2 Å². The molecule has 1 amide bonds. The minimum atomic E-state index is -0.381. The summed E-state index contributed by atoms with van der Waals surface area (Å²) in [5, 5.41) is 10.7. The SMILES string of the molecule is Cc1occc1-c1nnc(NC(=O)CCn2c(=S)[nH]c3ccccc3c2=O)o1. The van der Waals surface area contributed by atoms with Crippen molar-refractivity contribution in [2.45, 2.75) is 19.9 Å². The highest BCUT2D eigenvalue weighted by molar-refractivity contribution is 7.71. The van der Waals surface area contributed by atoms with Gasteiger partial charge in [-0.25, -0.2) is 0 Å². The molecule has 10 heteroatoms. The Morgan fingerprint density at radius 2 is 2.11 bits per heavy atom. The first kappa shape index (κ1) is 17.9. The molecule has 0 fully saturated rings. The highest BCUT2D eigenvalue weighted by Gasteiger charge is 2.15. The van der Waals surface area contributed by atoms with Gasteiger partial charge in [0.05, 0.1) is 22.7 Å². The summed E-state index contributed by atoms with van der Waals surface area (Å²) < 4.78 is 12.2. The molecule has 0 saturated carbocycles. The van der Waals surface area contributed by atoms with Crippen molar-refractivity contribution in [2.75, 3.05) is 5.32 Å². The number of nitrogens with one attached hydrogen (secondary N) is 2. The maximum absolute atomic E-state index is 12.6. The molecule has 0 bridgehead atoms. The van der Waals surface area contributed by atoms with Crippen LogP contribution < -0.4 is 10.9 Å². The molecule has 2 N–H and O–H groups in total. The molecule has 0 aliphatic rings. The minimum Gasteiger partial charge on any atom is -0.469 e. The normalized spacial score (nSPS) is 11.0. The van der Waals surface area contributed by atoms with Crippen molar-refractivity contribution in [1.29, 1.82) is 0 Å². The molecule has 0 aliphatic heterocycles. The van der Waals surface area contributed by atoms with Crippen LogP contribution in [0.2, 0.25) is 0 Å². The lowest BCUT2D eigenvalue weighted by Gasteiger charge is -2.07. The number of nitrogens with zero attached hydrogens (tertiary/aromatic N) is 3. The van der Waals surface area contributed by atoms with Gasteiger partial charge < -0.3 is 13.8 Å². The first-order valence-corrected chi connectivity index (χ1v) is 8.83. The van der Waals surface area contributed by atoms with Gasteiger partial charge in [-0.05, 0) is 37.3 Å². The van der Waals surface area contributed by atoms with Gasteiger partial charge in [0.1, 0.15) is 5.76 Å². The van der Waals surface area contributed by atoms with E-state index in [2.05, 4.69) is 20.5 Å². The molecule has 142 valence electrons. The summed E-state index contributed by atoms with van der Waals surface area (Å²) in [6.45, 7) is 1.88. The number of carbonyl (C=O) groups is 1. The fourth-order valence-electron chi connectivity index (χ4n) is 2.79. The van der Waals surface area contributed by atoms with Crippen molar-refractivity contribution >= 4 is 35.0 Å². The Morgan fingerprint density at radius 1 is 1.29 bits per heavy atom. The van der Waals surface area contributed by atoms with E-state index in [0.29, 0.717) is 22.2 Å². The predicted octanol–water partition coefficient (Wildman–Crippen LogP) is 3.04. The van der Waals surface area contributed by atoms with Gasteiger partial charge in [-0.3, -0.25) is 19.5 Å². The Hall–Kier alpha value is -3.53. The van der Waals surface area contributed by atoms with Gasteiger partial charge in [0.15, 0.2) is 4.77 Å². The third-order valence-electron chi connectivity index (χ3n) is 4.21. The molecule has 0 spiro atoms. The Labute approximate surface area is 163 Å². The van der Waals surface area contributed by atoms with E-state index in [1.54, 1.807) is 31.2 Å². The van der Waals surface area contributed by atoms with E-state index in [4.69, 9.17) is 21.1 Å². The number of furan rings is 1. The number of anilines is 1. The fourth-order valence-corrected chi connectivity index (χ4v) is 3.07. The van der Waals surface area contributed by atoms with Crippen LogP contribution in [0.1, 0.15) is 12.2 Å². The molecular weight excluding hydrogens is 382 g/mol. The molecule has 0 unspecified atom stereocenters. The number of benzene rings is 1. The number of fused-ring (bicyclic) bond motifs is 1. The van der Waals surface area contributed by atoms with Gasteiger partial charge in [-0.2, -0.15) is 0 Å². The number of amides is 1. The lowest BCUT2D eigenvalue weighted by molar-refractivity contribution is -0.116. The maximum Gasteiger partial charge on any atom is 0.322 e. The topological polar surface area (TPSA) is 119 Å². The summed E-state index contributed by atoms with van der Waals surface area (Å²) in [5.41, 5.74) is 1.07. The molecule has 28 heavy (non-hydrogen) atoms. The first-order chi connectivity index (χ1) is 13.5. The molecule has 0 radical (unpaired) electrons. The number of aromatic amines is 1. The standard InChI is InChI=1S/C18H15N5O4S/c1-10-11(7-9-26-10)15-21-22-17(27-15)20-14(24)6-8-23-16(25)12-4-2-3-5-13(12)19-18(23)28/h2-5,7,9H,6,8H2,1H3,(H,19,28)(H,20,22,24). The first-order valence-electron chi connectivity index (χ1n) is 8.42. The molecule has 3 heterocycles. The Morgan fingerprint density at radius 3 is 2.89 bits per heavy atom. The second-order valence-electron chi connectivity index (χ2n) is 6.03. The predicted molar refractivity (Wildman–Crippen MR) is 103 cm³/mol. The lowest BCUT2D eigenvalue weighted by Crippen LogP contribution is -2.25. The summed E-state index contributed by atoms with van der Waals surface area (Å²) >= 11 is 5.24. The third-order valence-corrected chi connectivity index (χ3v) is 4.53. The van der Waals surface area contributed by atoms with Crippen molar-refractivity contribution in [2.24, 2.45) is 0 Å². The molecular formula is C18H15N5O4S. The second-order valence-corrected chi connectivity index (χ2v) is 6.42. The molecule has 9 nitrogen and oxygen atoms in total. The highest BCUT2D eigenvalue weighted by atomic mass is 32.1. The fraction of sp³-hybridized carbons (Fsp3) is 0.167. The summed E-state index contributed by atoms with van der Waals surface area (Å²) in [7, 11) is 0. The van der Waals surface area contributed by atoms with Crippen LogP contribution in [0.15, 0.2) is 50.2 Å². The largest absolute Gasteiger partial charge is 0.469 e. The van der Waals surface area contributed by atoms with E-state index >= 15 is 0 Å². The summed E-state index contributed by atoms with van der Waals surface area (Å²) in [4.78, 5) is 27.8. The molecule has 4 aromatic rings. The van der Waals surface area contributed by atoms with Gasteiger partial charge in [0.25, 0.3) is 11.4 Å². The van der Waals surface area contributed by atoms with Gasteiger partial charge in [0.2, 0.25) is 5.91 Å². The monoisotopic (exact) mass is 397 g/mol. The number of aryl methyl sites for hydroxylation is 1. The average molecular weight is 397 g/mol. The number of aromatic nitrogens is 4. The van der Waals surface area contributed by atoms with Crippen molar-refractivity contribution in [3.63, 3.8) is 0 Å². The zero-order valence-corrected chi connectivity index (χ0v) is 15.6. The van der Waals surface area contributed by atoms with Crippen LogP contribution in [0.25, 0.3) is 22.4 Å². The number of rotatable bonds is 5. The molecule has 3 aromatic heterocycles. The van der Waals surface area contributed by atoms with E-state index in [1.807, 2.05) is 6.07 Å². The number of hydrogen-bond acceptors (Lipinski definition) is 7. The highest BCUT2D eigenvalue weighted by Crippen LogP contribution is 2.24. The molecule has 4 rings (SSSR count). The van der Waals surface area contributed by atoms with Gasteiger partial charge >= 0.3 is 6.01 Å². The van der Waals surface area contributed by atoms with Crippen LogP contribution in [0.5, 0.6) is 0 Å². The van der Waals surface area contributed by atoms with Crippen LogP contribution in [0.4, 0.5) is 6.01 Å². The van der Waals surface area contributed by atoms with Crippen LogP contribution >= 0.6 is 12.2 Å². The van der Waals surface area contributed by atoms with Crippen LogP contribution in [0.3, 0.4) is 0 Å². The summed E-state index contributed by atoms with van der Waals surface area (Å²) in [6.07, 6.45) is 1.52. The van der Waals surface area contributed by atoms with E-state index in [-0.39, 0.29) is 41.1 Å². The van der Waals surface area contributed by atoms with Crippen molar-refractivity contribution in [3.8, 4) is 11.5 Å². The number of hydrogen-bond donors (Lipinski definition) is 2. The van der Waals surface area contributed by atoms with Crippen molar-refractivity contribution < 1.29 is 13.6 Å². The second kappa shape index (κ2) is 7.24. The number of H-pyrrole nitrogens is 1. The Bertz CT molecular complexity index is 1280. The van der Waals surface area contributed by atoms with E-state index in [0.717, 1.165) is 0 Å². The Balaban J connectivity index is 1.46. The van der Waals surface area contributed by atoms with E-state index < -0.39 is 0 Å². The molecule has 1 aromatic carbocycles. The van der Waals surface area contributed by atoms with Crippen LogP contribution in [0, 0.1) is 11.7 Å². The van der Waals surface area contributed by atoms with E-state index in [9.17, 15) is 9.59 Å². The Kier molecular flexibility index (Phi) is 4.62. The van der Waals surface area contributed by atoms with Crippen LogP contribution in [-0.4, -0.2) is 25.7 Å². The van der Waals surface area contributed by atoms with Gasteiger partial charge in [0, 0.05) is 13.0 Å². The maximum atomic E-state index is 12.6. The zero-order valence-electron chi connectivity index (χ0n) is 14.8. The summed E-state index contributed by atoms with van der Waals surface area (Å²) in [5.74, 6) is 0.495. The molecule has 0 atom stereocenters. The van der Waals surface area contributed by atoms with Crippen molar-refractivity contribution in [3.05, 3.63) is 57.5 Å². The molecule has 0 aliphatic carbocycles. The van der Waals surface area contributed by atoms with Gasteiger partial charge in [-0.15, -0.1) is 5.10 Å². The smallest absolute Gasteiger partial charge is 0.322 e. The quantitative estimate of drug-likeness (QED) is 0.497. The van der Waals surface area contributed by atoms with Crippen molar-refractivity contribution in [1.82, 2.24) is 19.7 Å². The molecule has 0 saturated heterocycles. The average Bonchev–Trinajstić information content (AvgIpc) is 3.30. The number of carbonyl (C=O) groups excluding carboxylic acids is 1. The minimum absolute atomic E-state index is 0.0121. The third kappa shape index (κ3) is 3.37. The number of para-hydroxylation sites is 1. The van der Waals surface area contributed by atoms with Crippen LogP contribution in [-0.2, 0) is 11.3 Å². The van der Waals surface area contributed by atoms with E-state index in [1.165, 1.54) is 10.8 Å².